The second-order valence-electron chi connectivity index (χ2n) is 16.2. The Bertz CT molecular complexity index is 1010. The van der Waals surface area contributed by atoms with Gasteiger partial charge in [-0.1, -0.05) is 59.6 Å². The molecule has 8 bridgehead atoms. The molecule has 9 rings (SSSR count). The molecule has 8 fully saturated rings. The van der Waals surface area contributed by atoms with Crippen LogP contribution in [0.4, 0.5) is 0 Å². The lowest BCUT2D eigenvalue weighted by Crippen LogP contribution is -2.69. The van der Waals surface area contributed by atoms with Crippen molar-refractivity contribution in [2.45, 2.75) is 117 Å². The first-order valence-corrected chi connectivity index (χ1v) is 15.3. The number of hydrogen-bond donors (Lipinski definition) is 0. The summed E-state index contributed by atoms with van der Waals surface area (Å²) >= 11 is 7.86. The summed E-state index contributed by atoms with van der Waals surface area (Å²) in [6.07, 6.45) is 18.0. The summed E-state index contributed by atoms with van der Waals surface area (Å²) < 4.78 is 2.59. The average Bonchev–Trinajstić information content (AvgIpc) is 2.59. The monoisotopic (exact) mass is 572 g/mol. The summed E-state index contributed by atoms with van der Waals surface area (Å²) in [7, 11) is 0. The van der Waals surface area contributed by atoms with Crippen molar-refractivity contribution in [3.05, 3.63) is 32.2 Å². The van der Waals surface area contributed by atoms with Crippen LogP contribution in [0.15, 0.2) is 21.1 Å². The van der Waals surface area contributed by atoms with Crippen molar-refractivity contribution in [3.8, 4) is 0 Å². The molecule has 0 aromatic heterocycles. The van der Waals surface area contributed by atoms with Crippen molar-refractivity contribution in [2.24, 2.45) is 38.4 Å². The smallest absolute Gasteiger partial charge is 0.0218 e. The third-order valence-corrected chi connectivity index (χ3v) is 13.9. The highest BCUT2D eigenvalue weighted by Gasteiger charge is 2.74. The van der Waals surface area contributed by atoms with Crippen LogP contribution in [-0.2, 0) is 5.41 Å². The van der Waals surface area contributed by atoms with Crippen LogP contribution in [0.1, 0.15) is 116 Å². The van der Waals surface area contributed by atoms with E-state index in [-0.39, 0.29) is 0 Å². The van der Waals surface area contributed by atoms with Gasteiger partial charge in [-0.3, -0.25) is 0 Å². The van der Waals surface area contributed by atoms with Gasteiger partial charge in [-0.2, -0.15) is 0 Å². The molecule has 8 aliphatic rings. The topological polar surface area (TPSA) is 0 Å². The van der Waals surface area contributed by atoms with Crippen molar-refractivity contribution < 1.29 is 0 Å². The van der Waals surface area contributed by atoms with Gasteiger partial charge in [0.25, 0.3) is 0 Å². The van der Waals surface area contributed by atoms with E-state index in [1.165, 1.54) is 85.1 Å². The predicted octanol–water partition coefficient (Wildman–Crippen LogP) is 10.1. The molecule has 0 aliphatic heterocycles. The van der Waals surface area contributed by atoms with E-state index < -0.39 is 0 Å². The second kappa shape index (κ2) is 6.17. The Morgan fingerprint density at radius 2 is 1.09 bits per heavy atom. The molecule has 0 nitrogen and oxygen atoms in total. The Morgan fingerprint density at radius 1 is 0.606 bits per heavy atom. The quantitative estimate of drug-likeness (QED) is 0.330. The average molecular weight is 574 g/mol. The van der Waals surface area contributed by atoms with Gasteiger partial charge in [-0.15, -0.1) is 0 Å². The minimum absolute atomic E-state index is 0.363. The third kappa shape index (κ3) is 2.92. The first kappa shape index (κ1) is 22.4. The van der Waals surface area contributed by atoms with Crippen LogP contribution in [0.25, 0.3) is 0 Å². The Hall–Kier alpha value is 0.180. The molecule has 33 heavy (non-hydrogen) atoms. The Kier molecular flexibility index (Phi) is 4.19. The maximum absolute atomic E-state index is 3.93. The zero-order chi connectivity index (χ0) is 23.3. The summed E-state index contributed by atoms with van der Waals surface area (Å²) in [5.74, 6) is 1.00. The molecule has 180 valence electrons. The van der Waals surface area contributed by atoms with Crippen LogP contribution in [0, 0.1) is 45.3 Å². The zero-order valence-electron chi connectivity index (χ0n) is 21.5. The molecule has 0 radical (unpaired) electrons. The van der Waals surface area contributed by atoms with Crippen molar-refractivity contribution in [1.82, 2.24) is 0 Å². The van der Waals surface area contributed by atoms with Gasteiger partial charge >= 0.3 is 0 Å². The molecule has 4 atom stereocenters. The van der Waals surface area contributed by atoms with E-state index in [9.17, 15) is 0 Å². The van der Waals surface area contributed by atoms with Crippen molar-refractivity contribution in [1.29, 1.82) is 0 Å². The minimum Gasteiger partial charge on any atom is -0.0596 e. The molecule has 8 aliphatic carbocycles. The largest absolute Gasteiger partial charge is 0.0596 e. The van der Waals surface area contributed by atoms with E-state index in [1.54, 1.807) is 12.0 Å². The fourth-order valence-corrected chi connectivity index (χ4v) is 14.7. The van der Waals surface area contributed by atoms with Crippen molar-refractivity contribution in [2.75, 3.05) is 0 Å². The highest BCUT2D eigenvalue weighted by Crippen LogP contribution is 2.83. The molecule has 0 spiro atoms. The predicted molar refractivity (Wildman–Crippen MR) is 144 cm³/mol. The maximum Gasteiger partial charge on any atom is 0.0218 e. The number of rotatable bonds is 2. The lowest BCUT2D eigenvalue weighted by Gasteiger charge is -2.78. The van der Waals surface area contributed by atoms with E-state index >= 15 is 0 Å². The van der Waals surface area contributed by atoms with Crippen molar-refractivity contribution in [3.63, 3.8) is 0 Å². The van der Waals surface area contributed by atoms with Crippen LogP contribution >= 0.6 is 31.9 Å². The van der Waals surface area contributed by atoms with E-state index in [1.807, 2.05) is 0 Å². The first-order chi connectivity index (χ1) is 15.2. The molecule has 1 aromatic rings. The van der Waals surface area contributed by atoms with Gasteiger partial charge in [0.15, 0.2) is 0 Å². The Balaban J connectivity index is 1.41. The number of hydrogen-bond acceptors (Lipinski definition) is 0. The maximum atomic E-state index is 3.93. The summed E-state index contributed by atoms with van der Waals surface area (Å²) in [5, 5.41) is 0. The fraction of sp³-hybridized carbons (Fsp3) is 0.806. The SMILES string of the molecule is Cc1c(Br)cc(C23CC4(C)CC(C)(C2)CC(C25CC6CC(C)(CC(C)(C6)C2)C5)(C4)C3)cc1Br. The molecule has 2 heteroatoms. The Morgan fingerprint density at radius 3 is 1.61 bits per heavy atom. The van der Waals surface area contributed by atoms with E-state index in [0.29, 0.717) is 37.9 Å². The van der Waals surface area contributed by atoms with E-state index in [4.69, 9.17) is 0 Å². The molecule has 1 aromatic carbocycles. The fourth-order valence-electron chi connectivity index (χ4n) is 13.6. The summed E-state index contributed by atoms with van der Waals surface area (Å²) in [5.41, 5.74) is 6.75. The summed E-state index contributed by atoms with van der Waals surface area (Å²) in [6, 6.07) is 5.05. The highest BCUT2D eigenvalue weighted by molar-refractivity contribution is 9.11. The van der Waals surface area contributed by atoms with Gasteiger partial charge < -0.3 is 0 Å². The second-order valence-corrected chi connectivity index (χ2v) is 17.9. The lowest BCUT2D eigenvalue weighted by molar-refractivity contribution is -0.270. The number of benzene rings is 1. The normalized spacial score (nSPS) is 56.0. The molecule has 8 saturated carbocycles. The zero-order valence-corrected chi connectivity index (χ0v) is 24.6. The summed E-state index contributed by atoms with van der Waals surface area (Å²) in [4.78, 5) is 0. The van der Waals surface area contributed by atoms with Gasteiger partial charge in [-0.25, -0.2) is 0 Å². The van der Waals surface area contributed by atoms with Crippen LogP contribution in [0.3, 0.4) is 0 Å². The molecular weight excluding hydrogens is 532 g/mol. The van der Waals surface area contributed by atoms with Crippen LogP contribution in [-0.4, -0.2) is 0 Å². The van der Waals surface area contributed by atoms with Gasteiger partial charge in [0.2, 0.25) is 0 Å². The molecular formula is C31H42Br2. The highest BCUT2D eigenvalue weighted by atomic mass is 79.9. The number of halogens is 2. The molecule has 4 unspecified atom stereocenters. The molecule has 0 amide bonds. The van der Waals surface area contributed by atoms with Crippen molar-refractivity contribution >= 4 is 31.9 Å². The van der Waals surface area contributed by atoms with Gasteiger partial charge in [-0.05, 0) is 151 Å². The third-order valence-electron chi connectivity index (χ3n) is 12.2. The van der Waals surface area contributed by atoms with Crippen LogP contribution < -0.4 is 0 Å². The molecule has 0 heterocycles. The summed E-state index contributed by atoms with van der Waals surface area (Å²) in [6.45, 7) is 13.0. The van der Waals surface area contributed by atoms with Gasteiger partial charge in [0.1, 0.15) is 0 Å². The first-order valence-electron chi connectivity index (χ1n) is 13.7. The minimum atomic E-state index is 0.363. The standard InChI is InChI=1S/C31H42Br2/c1-20-23(32)6-22(7-24(20)33)29-13-27(4)12-28(5,14-29)18-31(17-27,19-29)30-10-21-8-25(2,15-30)11-26(3,9-21)16-30/h6-7,21H,8-19H2,1-5H3. The lowest BCUT2D eigenvalue weighted by atomic mass is 9.26. The van der Waals surface area contributed by atoms with Crippen LogP contribution in [0.2, 0.25) is 0 Å². The van der Waals surface area contributed by atoms with E-state index in [0.717, 1.165) is 5.92 Å². The van der Waals surface area contributed by atoms with Gasteiger partial charge in [0, 0.05) is 8.95 Å². The van der Waals surface area contributed by atoms with Gasteiger partial charge in [0.05, 0.1) is 0 Å². The van der Waals surface area contributed by atoms with Crippen LogP contribution in [0.5, 0.6) is 0 Å². The molecule has 0 N–H and O–H groups in total. The molecule has 0 saturated heterocycles. The van der Waals surface area contributed by atoms with E-state index in [2.05, 4.69) is 78.6 Å². The Labute approximate surface area is 218 Å².